The number of hydrogen-bond acceptors (Lipinski definition) is 2. The second-order valence-electron chi connectivity index (χ2n) is 14.8. The number of aryl methyl sites for hydroxylation is 1. The van der Waals surface area contributed by atoms with E-state index < -0.39 is 35.2 Å². The molecule has 0 aliphatic heterocycles. The van der Waals surface area contributed by atoms with E-state index in [0.29, 0.717) is 33.5 Å². The third-order valence-corrected chi connectivity index (χ3v) is 10.8. The Hall–Kier alpha value is -7.21. The van der Waals surface area contributed by atoms with Gasteiger partial charge in [-0.1, -0.05) is 109 Å². The predicted molar refractivity (Wildman–Crippen MR) is 223 cm³/mol. The van der Waals surface area contributed by atoms with Crippen LogP contribution in [0.2, 0.25) is 0 Å². The maximum absolute atomic E-state index is 15.2. The summed E-state index contributed by atoms with van der Waals surface area (Å²) < 4.78 is 135. The van der Waals surface area contributed by atoms with Crippen molar-refractivity contribution in [2.45, 2.75) is 25.5 Å². The van der Waals surface area contributed by atoms with Crippen LogP contribution in [0.25, 0.3) is 83.6 Å². The van der Waals surface area contributed by atoms with Gasteiger partial charge < -0.3 is 4.57 Å². The Kier molecular flexibility index (Phi) is 9.76. The lowest BCUT2D eigenvalue weighted by Crippen LogP contribution is -2.11. The first-order valence-corrected chi connectivity index (χ1v) is 19.2. The van der Waals surface area contributed by atoms with E-state index in [4.69, 9.17) is 9.97 Å². The van der Waals surface area contributed by atoms with Crippen LogP contribution in [-0.2, 0) is 18.5 Å². The quantitative estimate of drug-likeness (QED) is 0.156. The van der Waals surface area contributed by atoms with Crippen molar-refractivity contribution < 1.29 is 39.5 Å². The third kappa shape index (κ3) is 7.35. The first kappa shape index (κ1) is 40.2. The van der Waals surface area contributed by atoms with Gasteiger partial charge in [-0.25, -0.2) is 9.97 Å². The van der Waals surface area contributed by atoms with Gasteiger partial charge in [0, 0.05) is 38.6 Å². The minimum absolute atomic E-state index is 0.000835. The number of halogens is 9. The van der Waals surface area contributed by atoms with Crippen molar-refractivity contribution in [1.29, 1.82) is 0 Å². The molecule has 0 bridgehead atoms. The van der Waals surface area contributed by atoms with Gasteiger partial charge in [-0.05, 0) is 78.7 Å². The van der Waals surface area contributed by atoms with E-state index in [-0.39, 0.29) is 55.7 Å². The Morgan fingerprint density at radius 1 is 0.403 bits per heavy atom. The van der Waals surface area contributed by atoms with Crippen LogP contribution in [0.3, 0.4) is 0 Å². The van der Waals surface area contributed by atoms with Gasteiger partial charge in [0.05, 0.1) is 44.8 Å². The Morgan fingerprint density at radius 3 is 1.34 bits per heavy atom. The van der Waals surface area contributed by atoms with Gasteiger partial charge in [0.2, 0.25) is 0 Å². The van der Waals surface area contributed by atoms with Crippen LogP contribution in [0.15, 0.2) is 164 Å². The SMILES string of the molecule is Cc1ccc2c(c1)c1cc(C(F)(F)F)ccc1n2-c1c(-c2ccccc2C(F)(F)F)cc(-c2nc(-c3ccccc3)cc(-c3ccccc3)n2)cc1-c1ccccc1C(F)(F)F. The van der Waals surface area contributed by atoms with Crippen molar-refractivity contribution >= 4 is 21.8 Å². The average molecular weight is 844 g/mol. The highest BCUT2D eigenvalue weighted by Crippen LogP contribution is 2.49. The first-order chi connectivity index (χ1) is 29.6. The van der Waals surface area contributed by atoms with Gasteiger partial charge in [-0.3, -0.25) is 0 Å². The third-order valence-electron chi connectivity index (χ3n) is 10.8. The summed E-state index contributed by atoms with van der Waals surface area (Å²) in [5.74, 6) is 0.000835. The summed E-state index contributed by atoms with van der Waals surface area (Å²) in [6.07, 6.45) is -14.6. The molecule has 0 fully saturated rings. The van der Waals surface area contributed by atoms with E-state index in [2.05, 4.69) is 0 Å². The number of hydrogen-bond donors (Lipinski definition) is 0. The lowest BCUT2D eigenvalue weighted by molar-refractivity contribution is -0.138. The number of fused-ring (bicyclic) bond motifs is 3. The smallest absolute Gasteiger partial charge is 0.308 e. The second kappa shape index (κ2) is 15.1. The van der Waals surface area contributed by atoms with Crippen LogP contribution >= 0.6 is 0 Å². The van der Waals surface area contributed by atoms with Crippen molar-refractivity contribution in [3.63, 3.8) is 0 Å². The van der Waals surface area contributed by atoms with E-state index in [1.807, 2.05) is 36.4 Å². The summed E-state index contributed by atoms with van der Waals surface area (Å²) in [4.78, 5) is 9.75. The molecule has 12 heteroatoms. The van der Waals surface area contributed by atoms with Gasteiger partial charge in [-0.2, -0.15) is 39.5 Å². The zero-order valence-electron chi connectivity index (χ0n) is 32.3. The maximum Gasteiger partial charge on any atom is 0.417 e. The van der Waals surface area contributed by atoms with E-state index in [1.165, 1.54) is 59.2 Å². The summed E-state index contributed by atoms with van der Waals surface area (Å²) in [7, 11) is 0. The van der Waals surface area contributed by atoms with Crippen LogP contribution in [0.4, 0.5) is 39.5 Å². The van der Waals surface area contributed by atoms with Gasteiger partial charge in [0.1, 0.15) is 0 Å². The maximum atomic E-state index is 15.2. The molecule has 0 aliphatic rings. The fourth-order valence-corrected chi connectivity index (χ4v) is 7.99. The summed E-state index contributed by atoms with van der Waals surface area (Å²) in [6, 6.07) is 40.0. The van der Waals surface area contributed by atoms with Crippen LogP contribution in [0, 0.1) is 6.92 Å². The Bertz CT molecular complexity index is 3010. The number of alkyl halides is 9. The molecule has 0 N–H and O–H groups in total. The molecule has 0 saturated carbocycles. The lowest BCUT2D eigenvalue weighted by atomic mass is 9.88. The average Bonchev–Trinajstić information content (AvgIpc) is 3.58. The van der Waals surface area contributed by atoms with Crippen LogP contribution in [0.1, 0.15) is 22.3 Å². The Balaban J connectivity index is 1.49. The van der Waals surface area contributed by atoms with Gasteiger partial charge in [0.15, 0.2) is 5.82 Å². The zero-order valence-corrected chi connectivity index (χ0v) is 32.3. The minimum atomic E-state index is -4.95. The number of benzene rings is 7. The number of aromatic nitrogens is 3. The molecular weight excluding hydrogens is 814 g/mol. The molecule has 0 spiro atoms. The van der Waals surface area contributed by atoms with Crippen LogP contribution in [-0.4, -0.2) is 14.5 Å². The van der Waals surface area contributed by atoms with E-state index in [1.54, 1.807) is 55.5 Å². The highest BCUT2D eigenvalue weighted by molar-refractivity contribution is 6.11. The minimum Gasteiger partial charge on any atom is -0.308 e. The van der Waals surface area contributed by atoms with Crippen molar-refractivity contribution in [1.82, 2.24) is 14.5 Å². The lowest BCUT2D eigenvalue weighted by Gasteiger charge is -2.24. The molecule has 62 heavy (non-hydrogen) atoms. The van der Waals surface area contributed by atoms with Crippen molar-refractivity contribution in [2.75, 3.05) is 0 Å². The highest BCUT2D eigenvalue weighted by Gasteiger charge is 2.38. The molecular formula is C50H30F9N3. The topological polar surface area (TPSA) is 30.7 Å². The molecule has 7 aromatic carbocycles. The normalized spacial score (nSPS) is 12.4. The van der Waals surface area contributed by atoms with Gasteiger partial charge in [0.25, 0.3) is 0 Å². The van der Waals surface area contributed by atoms with Gasteiger partial charge in [-0.15, -0.1) is 0 Å². The molecule has 0 atom stereocenters. The fraction of sp³-hybridized carbons (Fsp3) is 0.0800. The van der Waals surface area contributed by atoms with E-state index >= 15 is 26.3 Å². The Labute approximate surface area is 348 Å². The zero-order chi connectivity index (χ0) is 43.6. The molecule has 0 saturated heterocycles. The summed E-state index contributed by atoms with van der Waals surface area (Å²) in [6.45, 7) is 1.73. The fourth-order valence-electron chi connectivity index (χ4n) is 7.99. The molecule has 2 aromatic heterocycles. The largest absolute Gasteiger partial charge is 0.417 e. The predicted octanol–water partition coefficient (Wildman–Crippen LogP) is 15.3. The highest BCUT2D eigenvalue weighted by atomic mass is 19.4. The molecule has 2 heterocycles. The van der Waals surface area contributed by atoms with Crippen LogP contribution in [0.5, 0.6) is 0 Å². The Morgan fingerprint density at radius 2 is 0.855 bits per heavy atom. The summed E-state index contributed by atoms with van der Waals surface area (Å²) >= 11 is 0. The number of nitrogens with zero attached hydrogens (tertiary/aromatic N) is 3. The molecule has 0 aliphatic carbocycles. The van der Waals surface area contributed by atoms with E-state index in [0.717, 1.165) is 24.3 Å². The summed E-state index contributed by atoms with van der Waals surface area (Å²) in [5.41, 5.74) is -1.06. The molecule has 308 valence electrons. The molecule has 0 amide bonds. The standard InChI is InChI=1S/C50H30F9N3/c1-29-20-22-44-36(24-29)37-27-33(48(51,52)53)21-23-45(37)62(44)46-38(34-16-8-10-18-40(34)49(54,55)56)25-32(26-39(46)35-17-9-11-19-41(35)50(57,58)59)47-60-42(30-12-4-2-5-13-30)28-43(61-47)31-14-6-3-7-15-31/h2-28H,1H3. The first-order valence-electron chi connectivity index (χ1n) is 19.2. The van der Waals surface area contributed by atoms with Crippen LogP contribution < -0.4 is 0 Å². The molecule has 0 radical (unpaired) electrons. The summed E-state index contributed by atoms with van der Waals surface area (Å²) in [5, 5.41) is 0.408. The molecule has 9 rings (SSSR count). The molecule has 3 nitrogen and oxygen atoms in total. The molecule has 0 unspecified atom stereocenters. The van der Waals surface area contributed by atoms with Crippen molar-refractivity contribution in [2.24, 2.45) is 0 Å². The van der Waals surface area contributed by atoms with Gasteiger partial charge >= 0.3 is 18.5 Å². The second-order valence-corrected chi connectivity index (χ2v) is 14.8. The number of rotatable bonds is 6. The van der Waals surface area contributed by atoms with Crippen molar-refractivity contribution in [3.8, 4) is 61.8 Å². The monoisotopic (exact) mass is 843 g/mol. The van der Waals surface area contributed by atoms with E-state index in [9.17, 15) is 13.2 Å². The van der Waals surface area contributed by atoms with Crippen molar-refractivity contribution in [3.05, 3.63) is 186 Å². The molecule has 9 aromatic rings.